The van der Waals surface area contributed by atoms with Gasteiger partial charge in [-0.1, -0.05) is 31.5 Å². The van der Waals surface area contributed by atoms with Gasteiger partial charge >= 0.3 is 0 Å². The van der Waals surface area contributed by atoms with Gasteiger partial charge in [-0.3, -0.25) is 0 Å². The molecule has 1 saturated heterocycles. The maximum Gasteiger partial charge on any atom is 0.280 e. The number of benzene rings is 1. The summed E-state index contributed by atoms with van der Waals surface area (Å²) in [5.74, 6) is 0. The molecule has 146 valence electrons. The van der Waals surface area contributed by atoms with Gasteiger partial charge in [-0.25, -0.2) is 4.68 Å². The SMILES string of the molecule is Cc1ccc(-n2ncc3c2CC(C)(C)C[C@H]3NS(=O)(=O)N2CCCC2)cc1. The lowest BCUT2D eigenvalue weighted by atomic mass is 9.74. The first kappa shape index (κ1) is 18.7. The number of fused-ring (bicyclic) bond motifs is 1. The average Bonchev–Trinajstić information content (AvgIpc) is 3.24. The second-order valence-corrected chi connectivity index (χ2v) is 10.3. The van der Waals surface area contributed by atoms with Gasteiger partial charge < -0.3 is 0 Å². The minimum absolute atomic E-state index is 0.00627. The first-order chi connectivity index (χ1) is 12.8. The summed E-state index contributed by atoms with van der Waals surface area (Å²) >= 11 is 0. The molecule has 1 aromatic carbocycles. The van der Waals surface area contributed by atoms with Crippen LogP contribution in [-0.2, 0) is 16.6 Å². The van der Waals surface area contributed by atoms with Crippen LogP contribution in [0, 0.1) is 12.3 Å². The molecule has 1 N–H and O–H groups in total. The molecule has 2 aromatic rings. The zero-order valence-corrected chi connectivity index (χ0v) is 17.1. The number of hydrogen-bond acceptors (Lipinski definition) is 3. The lowest BCUT2D eigenvalue weighted by molar-refractivity contribution is 0.266. The third kappa shape index (κ3) is 3.68. The molecular weight excluding hydrogens is 360 g/mol. The fraction of sp³-hybridized carbons (Fsp3) is 0.550. The van der Waals surface area contributed by atoms with Crippen molar-refractivity contribution in [3.63, 3.8) is 0 Å². The summed E-state index contributed by atoms with van der Waals surface area (Å²) in [5.41, 5.74) is 4.31. The van der Waals surface area contributed by atoms with Crippen LogP contribution in [0.2, 0.25) is 0 Å². The number of rotatable bonds is 4. The molecule has 1 aliphatic heterocycles. The van der Waals surface area contributed by atoms with Crippen LogP contribution in [-0.4, -0.2) is 35.6 Å². The highest BCUT2D eigenvalue weighted by molar-refractivity contribution is 7.87. The summed E-state index contributed by atoms with van der Waals surface area (Å²) < 4.78 is 32.1. The molecule has 2 aliphatic rings. The normalized spacial score (nSPS) is 22.7. The van der Waals surface area contributed by atoms with Crippen molar-refractivity contribution in [3.8, 4) is 5.69 Å². The molecule has 1 aromatic heterocycles. The van der Waals surface area contributed by atoms with Crippen LogP contribution in [0.4, 0.5) is 0 Å². The van der Waals surface area contributed by atoms with Crippen molar-refractivity contribution in [1.29, 1.82) is 0 Å². The molecular formula is C20H28N4O2S. The molecule has 1 fully saturated rings. The van der Waals surface area contributed by atoms with Gasteiger partial charge in [0, 0.05) is 24.3 Å². The quantitative estimate of drug-likeness (QED) is 0.875. The average molecular weight is 389 g/mol. The molecule has 0 amide bonds. The molecule has 6 nitrogen and oxygen atoms in total. The van der Waals surface area contributed by atoms with E-state index in [0.717, 1.165) is 42.6 Å². The Morgan fingerprint density at radius 2 is 1.81 bits per heavy atom. The Kier molecular flexibility index (Phi) is 4.64. The van der Waals surface area contributed by atoms with Gasteiger partial charge in [0.15, 0.2) is 0 Å². The van der Waals surface area contributed by atoms with E-state index >= 15 is 0 Å². The molecule has 0 saturated carbocycles. The van der Waals surface area contributed by atoms with Gasteiger partial charge in [0.1, 0.15) is 0 Å². The lowest BCUT2D eigenvalue weighted by Crippen LogP contribution is -2.43. The van der Waals surface area contributed by atoms with E-state index < -0.39 is 10.2 Å². The zero-order chi connectivity index (χ0) is 19.2. The van der Waals surface area contributed by atoms with Crippen molar-refractivity contribution in [2.45, 2.75) is 52.5 Å². The number of aryl methyl sites for hydroxylation is 1. The Morgan fingerprint density at radius 1 is 1.15 bits per heavy atom. The van der Waals surface area contributed by atoms with Gasteiger partial charge in [-0.2, -0.15) is 22.5 Å². The number of nitrogens with zero attached hydrogens (tertiary/aromatic N) is 3. The van der Waals surface area contributed by atoms with Crippen molar-refractivity contribution in [3.05, 3.63) is 47.3 Å². The number of nitrogens with one attached hydrogen (secondary N) is 1. The van der Waals surface area contributed by atoms with E-state index in [1.54, 1.807) is 4.31 Å². The summed E-state index contributed by atoms with van der Waals surface area (Å²) in [6, 6.07) is 8.03. The van der Waals surface area contributed by atoms with Crippen LogP contribution in [0.5, 0.6) is 0 Å². The Morgan fingerprint density at radius 3 is 2.48 bits per heavy atom. The maximum absolute atomic E-state index is 12.8. The highest BCUT2D eigenvalue weighted by atomic mass is 32.2. The van der Waals surface area contributed by atoms with Crippen molar-refractivity contribution in [1.82, 2.24) is 18.8 Å². The van der Waals surface area contributed by atoms with Gasteiger partial charge in [0.25, 0.3) is 10.2 Å². The maximum atomic E-state index is 12.8. The van der Waals surface area contributed by atoms with Crippen molar-refractivity contribution < 1.29 is 8.42 Å². The summed E-state index contributed by atoms with van der Waals surface area (Å²) in [4.78, 5) is 0. The Labute approximate surface area is 161 Å². The summed E-state index contributed by atoms with van der Waals surface area (Å²) in [6.45, 7) is 7.68. The standard InChI is InChI=1S/C20H28N4O2S/c1-15-6-8-16(9-7-15)24-19-13-20(2,3)12-18(17(19)14-21-24)22-27(25,26)23-10-4-5-11-23/h6-9,14,18,22H,4-5,10-13H2,1-3H3/t18-/m1/s1. The second-order valence-electron chi connectivity index (χ2n) is 8.62. The molecule has 1 aliphatic carbocycles. The van der Waals surface area contributed by atoms with Crippen molar-refractivity contribution >= 4 is 10.2 Å². The monoisotopic (exact) mass is 388 g/mol. The van der Waals surface area contributed by atoms with Crippen LogP contribution in [0.15, 0.2) is 30.5 Å². The molecule has 1 atom stereocenters. The Balaban J connectivity index is 1.69. The van der Waals surface area contributed by atoms with E-state index in [-0.39, 0.29) is 11.5 Å². The van der Waals surface area contributed by atoms with E-state index in [2.05, 4.69) is 54.9 Å². The third-order valence-electron chi connectivity index (χ3n) is 5.65. The van der Waals surface area contributed by atoms with Crippen molar-refractivity contribution in [2.24, 2.45) is 5.41 Å². The molecule has 0 spiro atoms. The Hall–Kier alpha value is -1.70. The topological polar surface area (TPSA) is 67.2 Å². The fourth-order valence-electron chi connectivity index (χ4n) is 4.24. The van der Waals surface area contributed by atoms with E-state index in [1.807, 2.05) is 10.9 Å². The molecule has 27 heavy (non-hydrogen) atoms. The molecule has 7 heteroatoms. The highest BCUT2D eigenvalue weighted by Crippen LogP contribution is 2.41. The number of hydrogen-bond donors (Lipinski definition) is 1. The minimum Gasteiger partial charge on any atom is -0.237 e. The van der Waals surface area contributed by atoms with Crippen molar-refractivity contribution in [2.75, 3.05) is 13.1 Å². The molecule has 0 unspecified atom stereocenters. The predicted molar refractivity (Wildman–Crippen MR) is 106 cm³/mol. The van der Waals surface area contributed by atoms with Crippen LogP contribution in [0.1, 0.15) is 56.0 Å². The molecule has 2 heterocycles. The largest absolute Gasteiger partial charge is 0.280 e. The van der Waals surface area contributed by atoms with E-state index in [1.165, 1.54) is 5.56 Å². The molecule has 4 rings (SSSR count). The van der Waals surface area contributed by atoms with E-state index in [0.29, 0.717) is 13.1 Å². The van der Waals surface area contributed by atoms with Crippen LogP contribution in [0.3, 0.4) is 0 Å². The van der Waals surface area contributed by atoms with Gasteiger partial charge in [0.2, 0.25) is 0 Å². The first-order valence-electron chi connectivity index (χ1n) is 9.66. The molecule has 0 radical (unpaired) electrons. The van der Waals surface area contributed by atoms with Gasteiger partial charge in [0.05, 0.1) is 17.9 Å². The number of aromatic nitrogens is 2. The fourth-order valence-corrected chi connectivity index (χ4v) is 5.70. The van der Waals surface area contributed by atoms with Gasteiger partial charge in [-0.05, 0) is 50.2 Å². The van der Waals surface area contributed by atoms with Crippen LogP contribution >= 0.6 is 0 Å². The minimum atomic E-state index is -3.47. The third-order valence-corrected chi connectivity index (χ3v) is 7.28. The summed E-state index contributed by atoms with van der Waals surface area (Å²) in [7, 11) is -3.47. The molecule has 0 bridgehead atoms. The van der Waals surface area contributed by atoms with E-state index in [4.69, 9.17) is 0 Å². The summed E-state index contributed by atoms with van der Waals surface area (Å²) in [6.07, 6.45) is 5.35. The predicted octanol–water partition coefficient (Wildman–Crippen LogP) is 3.12. The van der Waals surface area contributed by atoms with Gasteiger partial charge in [-0.15, -0.1) is 0 Å². The van der Waals surface area contributed by atoms with Crippen LogP contribution in [0.25, 0.3) is 5.69 Å². The summed E-state index contributed by atoms with van der Waals surface area (Å²) in [5, 5.41) is 4.61. The van der Waals surface area contributed by atoms with Crippen LogP contribution < -0.4 is 4.72 Å². The smallest absolute Gasteiger partial charge is 0.237 e. The zero-order valence-electron chi connectivity index (χ0n) is 16.3. The Bertz CT molecular complexity index is 925. The first-order valence-corrected chi connectivity index (χ1v) is 11.1. The second kappa shape index (κ2) is 6.72. The van der Waals surface area contributed by atoms with E-state index in [9.17, 15) is 8.42 Å². The highest BCUT2D eigenvalue weighted by Gasteiger charge is 2.38. The lowest BCUT2D eigenvalue weighted by Gasteiger charge is -2.36.